The summed E-state index contributed by atoms with van der Waals surface area (Å²) in [6.45, 7) is 10.1. The number of fused-ring (bicyclic) bond motifs is 1. The maximum absolute atomic E-state index is 12.3. The molecule has 0 N–H and O–H groups in total. The normalized spacial score (nSPS) is 13.7. The Labute approximate surface area is 237 Å². The first-order valence-corrected chi connectivity index (χ1v) is 17.8. The van der Waals surface area contributed by atoms with Crippen LogP contribution in [-0.2, 0) is 22.6 Å². The van der Waals surface area contributed by atoms with Crippen molar-refractivity contribution in [2.45, 2.75) is 64.5 Å². The third-order valence-electron chi connectivity index (χ3n) is 7.47. The van der Waals surface area contributed by atoms with Gasteiger partial charge in [-0.05, 0) is 72.2 Å². The van der Waals surface area contributed by atoms with E-state index in [2.05, 4.69) is 54.5 Å². The summed E-state index contributed by atoms with van der Waals surface area (Å²) in [5.41, 5.74) is 7.75. The van der Waals surface area contributed by atoms with Crippen LogP contribution < -0.4 is 0 Å². The molecular formula is C32H37ClN2O3Si. The molecule has 3 aromatic carbocycles. The molecule has 1 aliphatic carbocycles. The second-order valence-electron chi connectivity index (χ2n) is 11.8. The highest BCUT2D eigenvalue weighted by Gasteiger charge is 2.23. The van der Waals surface area contributed by atoms with Crippen molar-refractivity contribution in [3.8, 4) is 11.1 Å². The molecule has 39 heavy (non-hydrogen) atoms. The number of methoxy groups -OCH3 is 1. The minimum Gasteiger partial charge on any atom is -0.465 e. The third-order valence-corrected chi connectivity index (χ3v) is 9.49. The Morgan fingerprint density at radius 3 is 2.49 bits per heavy atom. The van der Waals surface area contributed by atoms with Gasteiger partial charge in [-0.3, -0.25) is 0 Å². The van der Waals surface area contributed by atoms with Crippen molar-refractivity contribution < 1.29 is 14.3 Å². The topological polar surface area (TPSA) is 53.3 Å². The van der Waals surface area contributed by atoms with Crippen molar-refractivity contribution in [3.63, 3.8) is 0 Å². The van der Waals surface area contributed by atoms with E-state index in [9.17, 15) is 4.79 Å². The number of carbonyl (C=O) groups excluding carboxylic acids is 1. The smallest absolute Gasteiger partial charge is 0.338 e. The first-order chi connectivity index (χ1) is 18.6. The molecule has 1 heterocycles. The maximum Gasteiger partial charge on any atom is 0.338 e. The highest BCUT2D eigenvalue weighted by molar-refractivity contribution is 6.76. The van der Waals surface area contributed by atoms with Gasteiger partial charge in [0.15, 0.2) is 0 Å². The number of esters is 1. The minimum absolute atomic E-state index is 0.332. The number of rotatable bonds is 10. The van der Waals surface area contributed by atoms with E-state index in [1.807, 2.05) is 31.2 Å². The van der Waals surface area contributed by atoms with Gasteiger partial charge in [-0.2, -0.15) is 0 Å². The Morgan fingerprint density at radius 1 is 1.08 bits per heavy atom. The number of aryl methyl sites for hydroxylation is 1. The zero-order valence-electron chi connectivity index (χ0n) is 23.5. The molecule has 0 radical (unpaired) electrons. The highest BCUT2D eigenvalue weighted by Crippen LogP contribution is 2.41. The predicted octanol–water partition coefficient (Wildman–Crippen LogP) is 8.23. The van der Waals surface area contributed by atoms with Gasteiger partial charge < -0.3 is 14.0 Å². The lowest BCUT2D eigenvalue weighted by molar-refractivity contribution is 0.0599. The monoisotopic (exact) mass is 560 g/mol. The molecule has 5 nitrogen and oxygen atoms in total. The SMILES string of the molecule is COC(=O)c1cc(Cc2nc3cc(-c4ccc(C5CC5)cc4)c(Cl)cc3n2COCC[Si](C)(C)C)ccc1C. The Balaban J connectivity index is 1.50. The van der Waals surface area contributed by atoms with Crippen molar-refractivity contribution in [2.24, 2.45) is 0 Å². The summed E-state index contributed by atoms with van der Waals surface area (Å²) in [4.78, 5) is 17.4. The molecule has 5 rings (SSSR count). The Hall–Kier alpha value is -2.93. The largest absolute Gasteiger partial charge is 0.465 e. The van der Waals surface area contributed by atoms with Crippen LogP contribution in [0.1, 0.15) is 51.6 Å². The van der Waals surface area contributed by atoms with E-state index in [4.69, 9.17) is 26.1 Å². The average molecular weight is 561 g/mol. The summed E-state index contributed by atoms with van der Waals surface area (Å²) in [5, 5.41) is 0.694. The highest BCUT2D eigenvalue weighted by atomic mass is 35.5. The zero-order chi connectivity index (χ0) is 27.7. The number of nitrogens with zero attached hydrogens (tertiary/aromatic N) is 2. The van der Waals surface area contributed by atoms with Crippen LogP contribution in [0.5, 0.6) is 0 Å². The van der Waals surface area contributed by atoms with E-state index in [1.54, 1.807) is 0 Å². The van der Waals surface area contributed by atoms with E-state index < -0.39 is 8.07 Å². The van der Waals surface area contributed by atoms with E-state index in [-0.39, 0.29) is 5.97 Å². The molecule has 0 unspecified atom stereocenters. The first-order valence-electron chi connectivity index (χ1n) is 13.7. The number of ether oxygens (including phenoxy) is 2. The van der Waals surface area contributed by atoms with Gasteiger partial charge in [-0.25, -0.2) is 9.78 Å². The Bertz CT molecular complexity index is 1500. The molecule has 1 saturated carbocycles. The van der Waals surface area contributed by atoms with Crippen molar-refractivity contribution >= 4 is 36.7 Å². The number of carbonyl (C=O) groups is 1. The summed E-state index contributed by atoms with van der Waals surface area (Å²) >= 11 is 6.88. The standard InChI is InChI=1S/C32H37ClN2O3Si/c1-21-6-7-22(16-26(21)32(36)37-2)17-31-34-29-18-27(25-12-10-24(11-13-25)23-8-9-23)28(33)19-30(29)35(31)20-38-14-15-39(3,4)5/h6-7,10-13,16,18-19,23H,8-9,14-15,17,20H2,1-5H3. The second kappa shape index (κ2) is 11.3. The fourth-order valence-electron chi connectivity index (χ4n) is 4.87. The Kier molecular flexibility index (Phi) is 7.99. The maximum atomic E-state index is 12.3. The number of imidazole rings is 1. The summed E-state index contributed by atoms with van der Waals surface area (Å²) < 4.78 is 13.3. The van der Waals surface area contributed by atoms with Gasteiger partial charge in [0.1, 0.15) is 12.6 Å². The Morgan fingerprint density at radius 2 is 1.82 bits per heavy atom. The van der Waals surface area contributed by atoms with Crippen LogP contribution in [0.4, 0.5) is 0 Å². The molecule has 0 spiro atoms. The van der Waals surface area contributed by atoms with Crippen LogP contribution >= 0.6 is 11.6 Å². The van der Waals surface area contributed by atoms with Crippen LogP contribution in [0.3, 0.4) is 0 Å². The minimum atomic E-state index is -1.21. The molecule has 7 heteroatoms. The third kappa shape index (κ3) is 6.46. The summed E-state index contributed by atoms with van der Waals surface area (Å²) in [5.74, 6) is 1.26. The number of benzene rings is 3. The summed E-state index contributed by atoms with van der Waals surface area (Å²) in [6.07, 6.45) is 3.13. The number of aromatic nitrogens is 2. The van der Waals surface area contributed by atoms with Crippen molar-refractivity contribution in [2.75, 3.05) is 13.7 Å². The molecular weight excluding hydrogens is 524 g/mol. The fourth-order valence-corrected chi connectivity index (χ4v) is 5.90. The lowest BCUT2D eigenvalue weighted by Crippen LogP contribution is -2.22. The van der Waals surface area contributed by atoms with Crippen LogP contribution in [0, 0.1) is 6.92 Å². The van der Waals surface area contributed by atoms with Gasteiger partial charge in [0.25, 0.3) is 0 Å². The van der Waals surface area contributed by atoms with E-state index >= 15 is 0 Å². The number of hydrogen-bond acceptors (Lipinski definition) is 4. The quantitative estimate of drug-likeness (QED) is 0.111. The molecule has 0 atom stereocenters. The lowest BCUT2D eigenvalue weighted by atomic mass is 10.0. The fraction of sp³-hybridized carbons (Fsp3) is 0.375. The van der Waals surface area contributed by atoms with Gasteiger partial charge in [0.05, 0.1) is 28.7 Å². The van der Waals surface area contributed by atoms with Crippen molar-refractivity contribution in [1.29, 1.82) is 0 Å². The number of halogens is 1. The molecule has 1 aliphatic rings. The molecule has 0 saturated heterocycles. The first kappa shape index (κ1) is 27.6. The zero-order valence-corrected chi connectivity index (χ0v) is 25.3. The molecule has 204 valence electrons. The van der Waals surface area contributed by atoms with E-state index in [0.717, 1.165) is 51.1 Å². The summed E-state index contributed by atoms with van der Waals surface area (Å²) in [6, 6.07) is 19.9. The van der Waals surface area contributed by atoms with Crippen molar-refractivity contribution in [3.05, 3.63) is 87.7 Å². The van der Waals surface area contributed by atoms with Crippen LogP contribution in [0.15, 0.2) is 54.6 Å². The van der Waals surface area contributed by atoms with Crippen molar-refractivity contribution in [1.82, 2.24) is 9.55 Å². The predicted molar refractivity (Wildman–Crippen MR) is 162 cm³/mol. The molecule has 0 aliphatic heterocycles. The number of hydrogen-bond donors (Lipinski definition) is 0. The van der Waals surface area contributed by atoms with Crippen LogP contribution in [0.25, 0.3) is 22.2 Å². The molecule has 1 aromatic heterocycles. The molecule has 0 bridgehead atoms. The van der Waals surface area contributed by atoms with Crippen LogP contribution in [-0.4, -0.2) is 37.3 Å². The lowest BCUT2D eigenvalue weighted by Gasteiger charge is -2.16. The van der Waals surface area contributed by atoms with Gasteiger partial charge in [0, 0.05) is 26.7 Å². The second-order valence-corrected chi connectivity index (χ2v) is 17.9. The average Bonchev–Trinajstić information content (AvgIpc) is 3.70. The van der Waals surface area contributed by atoms with Gasteiger partial charge >= 0.3 is 5.97 Å². The molecule has 1 fully saturated rings. The summed E-state index contributed by atoms with van der Waals surface area (Å²) in [7, 11) is 0.199. The van der Waals surface area contributed by atoms with Gasteiger partial charge in [0.2, 0.25) is 0 Å². The molecule has 4 aromatic rings. The molecule has 0 amide bonds. The van der Waals surface area contributed by atoms with Crippen LogP contribution in [0.2, 0.25) is 30.7 Å². The van der Waals surface area contributed by atoms with E-state index in [0.29, 0.717) is 30.3 Å². The van der Waals surface area contributed by atoms with Gasteiger partial charge in [-0.15, -0.1) is 0 Å². The van der Waals surface area contributed by atoms with E-state index in [1.165, 1.54) is 25.5 Å². The van der Waals surface area contributed by atoms with Gasteiger partial charge in [-0.1, -0.05) is 67.6 Å².